The van der Waals surface area contributed by atoms with Gasteiger partial charge in [-0.15, -0.1) is 0 Å². The van der Waals surface area contributed by atoms with Gasteiger partial charge in [0.1, 0.15) is 34.8 Å². The lowest BCUT2D eigenvalue weighted by molar-refractivity contribution is 0.394. The average Bonchev–Trinajstić information content (AvgIpc) is 2.66. The molecule has 0 spiro atoms. The van der Waals surface area contributed by atoms with Crippen molar-refractivity contribution in [2.75, 3.05) is 20.0 Å². The Morgan fingerprint density at radius 3 is 2.27 bits per heavy atom. The van der Waals surface area contributed by atoms with E-state index < -0.39 is 0 Å². The third-order valence-corrected chi connectivity index (χ3v) is 3.94. The zero-order chi connectivity index (χ0) is 18.7. The molecule has 1 aromatic heterocycles. The molecule has 3 rings (SSSR count). The number of hydrogen-bond acceptors (Lipinski definition) is 5. The van der Waals surface area contributed by atoms with Crippen molar-refractivity contribution in [3.8, 4) is 40.0 Å². The minimum atomic E-state index is -0.378. The van der Waals surface area contributed by atoms with Crippen LogP contribution in [0.4, 0.5) is 10.2 Å². The average molecular weight is 349 g/mol. The van der Waals surface area contributed by atoms with E-state index in [2.05, 4.69) is 11.1 Å². The summed E-state index contributed by atoms with van der Waals surface area (Å²) in [6, 6.07) is 15.1. The summed E-state index contributed by atoms with van der Waals surface area (Å²) in [5.41, 5.74) is 8.52. The van der Waals surface area contributed by atoms with E-state index in [0.29, 0.717) is 33.9 Å². The van der Waals surface area contributed by atoms with Crippen LogP contribution in [0.5, 0.6) is 11.5 Å². The Kier molecular flexibility index (Phi) is 4.72. The molecule has 0 aliphatic rings. The number of nitrogens with two attached hydrogens (primary N) is 1. The normalized spacial score (nSPS) is 10.2. The van der Waals surface area contributed by atoms with E-state index in [1.807, 2.05) is 0 Å². The fourth-order valence-electron chi connectivity index (χ4n) is 2.67. The molecule has 0 unspecified atom stereocenters. The fourth-order valence-corrected chi connectivity index (χ4v) is 2.67. The number of nitrogen functional groups attached to an aromatic ring is 1. The Balaban J connectivity index is 2.25. The van der Waals surface area contributed by atoms with Gasteiger partial charge < -0.3 is 15.2 Å². The second-order valence-corrected chi connectivity index (χ2v) is 5.54. The third-order valence-electron chi connectivity index (χ3n) is 3.94. The molecule has 2 N–H and O–H groups in total. The molecule has 5 nitrogen and oxygen atoms in total. The number of anilines is 1. The number of hydrogen-bond donors (Lipinski definition) is 1. The molecule has 0 atom stereocenters. The zero-order valence-corrected chi connectivity index (χ0v) is 14.3. The summed E-state index contributed by atoms with van der Waals surface area (Å²) in [5.74, 6) is 0.847. The van der Waals surface area contributed by atoms with E-state index in [-0.39, 0.29) is 17.2 Å². The van der Waals surface area contributed by atoms with Crippen molar-refractivity contribution in [1.29, 1.82) is 5.26 Å². The van der Waals surface area contributed by atoms with Crippen LogP contribution in [0.2, 0.25) is 0 Å². The second kappa shape index (κ2) is 7.11. The van der Waals surface area contributed by atoms with Crippen molar-refractivity contribution >= 4 is 5.82 Å². The number of halogens is 1. The van der Waals surface area contributed by atoms with Crippen LogP contribution in [-0.4, -0.2) is 19.2 Å². The first-order valence-electron chi connectivity index (χ1n) is 7.75. The highest BCUT2D eigenvalue weighted by atomic mass is 19.1. The van der Waals surface area contributed by atoms with E-state index >= 15 is 0 Å². The minimum Gasteiger partial charge on any atom is -0.497 e. The van der Waals surface area contributed by atoms with Gasteiger partial charge in [-0.1, -0.05) is 12.1 Å². The van der Waals surface area contributed by atoms with Crippen LogP contribution in [0, 0.1) is 17.1 Å². The molecule has 0 radical (unpaired) electrons. The topological polar surface area (TPSA) is 81.2 Å². The number of methoxy groups -OCH3 is 2. The predicted molar refractivity (Wildman–Crippen MR) is 97.3 cm³/mol. The van der Waals surface area contributed by atoms with Gasteiger partial charge in [-0.2, -0.15) is 5.26 Å². The van der Waals surface area contributed by atoms with Crippen molar-refractivity contribution in [2.45, 2.75) is 0 Å². The summed E-state index contributed by atoms with van der Waals surface area (Å²) in [4.78, 5) is 4.25. The Labute approximate surface area is 150 Å². The highest BCUT2D eigenvalue weighted by Crippen LogP contribution is 2.35. The van der Waals surface area contributed by atoms with Crippen molar-refractivity contribution in [3.63, 3.8) is 0 Å². The first-order chi connectivity index (χ1) is 12.5. The van der Waals surface area contributed by atoms with Gasteiger partial charge >= 0.3 is 0 Å². The molecule has 1 heterocycles. The monoisotopic (exact) mass is 349 g/mol. The van der Waals surface area contributed by atoms with E-state index in [1.165, 1.54) is 12.1 Å². The maximum Gasteiger partial charge on any atom is 0.142 e. The Morgan fingerprint density at radius 2 is 1.69 bits per heavy atom. The highest BCUT2D eigenvalue weighted by Gasteiger charge is 2.15. The molecule has 130 valence electrons. The van der Waals surface area contributed by atoms with Gasteiger partial charge in [0.05, 0.1) is 19.9 Å². The zero-order valence-electron chi connectivity index (χ0n) is 14.3. The smallest absolute Gasteiger partial charge is 0.142 e. The number of nitriles is 1. The number of nitrogens with zero attached hydrogens (tertiary/aromatic N) is 2. The molecule has 0 fully saturated rings. The summed E-state index contributed by atoms with van der Waals surface area (Å²) in [6.07, 6.45) is 0. The van der Waals surface area contributed by atoms with Gasteiger partial charge in [0.15, 0.2) is 0 Å². The number of ether oxygens (including phenoxy) is 2. The first-order valence-corrected chi connectivity index (χ1v) is 7.75. The summed E-state index contributed by atoms with van der Waals surface area (Å²) >= 11 is 0. The van der Waals surface area contributed by atoms with Crippen molar-refractivity contribution in [3.05, 3.63) is 59.9 Å². The summed E-state index contributed by atoms with van der Waals surface area (Å²) in [6.45, 7) is 0. The SMILES string of the molecule is COc1cc(OC)cc(-c2cc(-c3cccc(F)c3)nc(N)c2C#N)c1. The third kappa shape index (κ3) is 3.28. The van der Waals surface area contributed by atoms with Gasteiger partial charge in [0.25, 0.3) is 0 Å². The summed E-state index contributed by atoms with van der Waals surface area (Å²) in [7, 11) is 3.09. The molecular weight excluding hydrogens is 333 g/mol. The molecular formula is C20H16FN3O2. The molecule has 0 saturated carbocycles. The van der Waals surface area contributed by atoms with Crippen LogP contribution in [0.3, 0.4) is 0 Å². The first kappa shape index (κ1) is 17.2. The van der Waals surface area contributed by atoms with Crippen LogP contribution in [0.15, 0.2) is 48.5 Å². The van der Waals surface area contributed by atoms with Gasteiger partial charge in [-0.05, 0) is 35.9 Å². The number of rotatable bonds is 4. The number of pyridine rings is 1. The van der Waals surface area contributed by atoms with Crippen LogP contribution in [0.25, 0.3) is 22.4 Å². The maximum absolute atomic E-state index is 13.6. The number of benzene rings is 2. The van der Waals surface area contributed by atoms with Gasteiger partial charge in [-0.3, -0.25) is 0 Å². The van der Waals surface area contributed by atoms with Crippen LogP contribution < -0.4 is 15.2 Å². The lowest BCUT2D eigenvalue weighted by Gasteiger charge is -2.13. The van der Waals surface area contributed by atoms with E-state index in [9.17, 15) is 9.65 Å². The largest absolute Gasteiger partial charge is 0.497 e. The number of aromatic nitrogens is 1. The van der Waals surface area contributed by atoms with E-state index in [0.717, 1.165) is 0 Å². The van der Waals surface area contributed by atoms with E-state index in [4.69, 9.17) is 15.2 Å². The Morgan fingerprint density at radius 1 is 1.00 bits per heavy atom. The fraction of sp³-hybridized carbons (Fsp3) is 0.100. The van der Waals surface area contributed by atoms with Gasteiger partial charge in [-0.25, -0.2) is 9.37 Å². The quantitative estimate of drug-likeness (QED) is 0.769. The highest BCUT2D eigenvalue weighted by molar-refractivity contribution is 5.81. The molecule has 3 aromatic rings. The molecule has 0 aliphatic carbocycles. The lowest BCUT2D eigenvalue weighted by Crippen LogP contribution is -2.00. The van der Waals surface area contributed by atoms with Crippen LogP contribution in [-0.2, 0) is 0 Å². The molecule has 6 heteroatoms. The lowest BCUT2D eigenvalue weighted by atomic mass is 9.98. The maximum atomic E-state index is 13.6. The van der Waals surface area contributed by atoms with Gasteiger partial charge in [0, 0.05) is 17.2 Å². The summed E-state index contributed by atoms with van der Waals surface area (Å²) in [5, 5.41) is 9.53. The molecule has 0 saturated heterocycles. The molecule has 0 aliphatic heterocycles. The predicted octanol–water partition coefficient (Wildman–Crippen LogP) is 4.03. The molecule has 2 aromatic carbocycles. The molecule has 0 amide bonds. The molecule has 26 heavy (non-hydrogen) atoms. The minimum absolute atomic E-state index is 0.0750. The Hall–Kier alpha value is -3.59. The van der Waals surface area contributed by atoms with E-state index in [1.54, 1.807) is 50.6 Å². The van der Waals surface area contributed by atoms with Crippen LogP contribution in [0.1, 0.15) is 5.56 Å². The van der Waals surface area contributed by atoms with Crippen molar-refractivity contribution < 1.29 is 13.9 Å². The van der Waals surface area contributed by atoms with Crippen molar-refractivity contribution in [1.82, 2.24) is 4.98 Å². The second-order valence-electron chi connectivity index (χ2n) is 5.54. The Bertz CT molecular complexity index is 990. The van der Waals surface area contributed by atoms with Crippen LogP contribution >= 0.6 is 0 Å². The molecule has 0 bridgehead atoms. The standard InChI is InChI=1S/C20H16FN3O2/c1-25-15-7-13(8-16(9-15)26-2)17-10-19(24-20(23)18(17)11-22)12-4-3-5-14(21)6-12/h3-10H,1-2H3,(H2,23,24). The van der Waals surface area contributed by atoms with Crippen molar-refractivity contribution in [2.24, 2.45) is 0 Å². The van der Waals surface area contributed by atoms with Gasteiger partial charge in [0.2, 0.25) is 0 Å². The summed E-state index contributed by atoms with van der Waals surface area (Å²) < 4.78 is 24.2.